The third-order valence-corrected chi connectivity index (χ3v) is 3.67. The van der Waals surface area contributed by atoms with Crippen molar-refractivity contribution in [2.75, 3.05) is 0 Å². The number of ether oxygens (including phenoxy) is 1. The van der Waals surface area contributed by atoms with Crippen LogP contribution in [-0.2, 0) is 13.2 Å². The minimum Gasteiger partial charge on any atom is -0.472 e. The van der Waals surface area contributed by atoms with E-state index in [2.05, 4.69) is 17.2 Å². The molecule has 26 heavy (non-hydrogen) atoms. The molecule has 0 aliphatic heterocycles. The molecule has 6 heteroatoms. The van der Waals surface area contributed by atoms with Gasteiger partial charge in [-0.2, -0.15) is 10.5 Å². The van der Waals surface area contributed by atoms with E-state index in [0.29, 0.717) is 17.0 Å². The number of rotatable bonds is 5. The topological polar surface area (TPSA) is 91.7 Å². The highest BCUT2D eigenvalue weighted by Gasteiger charge is 2.05. The molecule has 3 aromatic rings. The predicted octanol–water partition coefficient (Wildman–Crippen LogP) is 2.61. The average Bonchev–Trinajstić information content (AvgIpc) is 2.69. The van der Waals surface area contributed by atoms with Gasteiger partial charge in [-0.25, -0.2) is 4.68 Å². The van der Waals surface area contributed by atoms with Crippen molar-refractivity contribution in [1.82, 2.24) is 9.78 Å². The molecule has 3 rings (SSSR count). The van der Waals surface area contributed by atoms with Crippen molar-refractivity contribution in [2.24, 2.45) is 0 Å². The maximum absolute atomic E-state index is 12.0. The Morgan fingerprint density at radius 1 is 0.923 bits per heavy atom. The van der Waals surface area contributed by atoms with Crippen molar-refractivity contribution in [3.63, 3.8) is 0 Å². The Morgan fingerprint density at radius 2 is 1.58 bits per heavy atom. The van der Waals surface area contributed by atoms with E-state index in [4.69, 9.17) is 15.3 Å². The lowest BCUT2D eigenvalue weighted by Crippen LogP contribution is -2.23. The summed E-state index contributed by atoms with van der Waals surface area (Å²) in [6, 6.07) is 21.2. The summed E-state index contributed by atoms with van der Waals surface area (Å²) >= 11 is 0. The molecule has 0 fully saturated rings. The second kappa shape index (κ2) is 7.78. The minimum atomic E-state index is -0.258. The number of nitrogens with zero attached hydrogens (tertiary/aromatic N) is 4. The van der Waals surface area contributed by atoms with Gasteiger partial charge in [0.2, 0.25) is 5.88 Å². The number of aromatic nitrogens is 2. The van der Waals surface area contributed by atoms with Crippen LogP contribution in [0.4, 0.5) is 0 Å². The van der Waals surface area contributed by atoms with Crippen molar-refractivity contribution < 1.29 is 4.74 Å². The summed E-state index contributed by atoms with van der Waals surface area (Å²) in [6.07, 6.45) is 0. The fourth-order valence-corrected chi connectivity index (χ4v) is 2.42. The van der Waals surface area contributed by atoms with Gasteiger partial charge in [-0.05, 0) is 35.4 Å². The maximum atomic E-state index is 12.0. The van der Waals surface area contributed by atoms with E-state index in [1.807, 2.05) is 12.1 Å². The van der Waals surface area contributed by atoms with Crippen LogP contribution in [-0.4, -0.2) is 9.78 Å². The zero-order chi connectivity index (χ0) is 18.4. The predicted molar refractivity (Wildman–Crippen MR) is 94.2 cm³/mol. The van der Waals surface area contributed by atoms with E-state index in [-0.39, 0.29) is 18.7 Å². The first-order valence-corrected chi connectivity index (χ1v) is 7.87. The number of hydrogen-bond donors (Lipinski definition) is 0. The number of benzene rings is 2. The van der Waals surface area contributed by atoms with E-state index in [1.54, 1.807) is 36.4 Å². The third-order valence-electron chi connectivity index (χ3n) is 3.67. The molecule has 0 bridgehead atoms. The normalized spacial score (nSPS) is 9.92. The molecular weight excluding hydrogens is 328 g/mol. The molecule has 2 aromatic carbocycles. The molecule has 0 unspecified atom stereocenters. The molecule has 0 saturated carbocycles. The molecule has 1 aromatic heterocycles. The zero-order valence-corrected chi connectivity index (χ0v) is 13.8. The van der Waals surface area contributed by atoms with Gasteiger partial charge in [-0.1, -0.05) is 24.3 Å². The van der Waals surface area contributed by atoms with Crippen molar-refractivity contribution in [3.05, 3.63) is 93.3 Å². The standard InChI is InChI=1S/C20H14N4O2/c21-11-15-3-1-5-17(9-15)13-24-20(25)8-7-19(23-24)26-14-18-6-2-4-16(10-18)12-22/h1-10H,13-14H2. The van der Waals surface area contributed by atoms with Crippen LogP contribution in [0, 0.1) is 22.7 Å². The van der Waals surface area contributed by atoms with E-state index in [1.165, 1.54) is 16.8 Å². The number of hydrogen-bond acceptors (Lipinski definition) is 5. The Balaban J connectivity index is 1.76. The van der Waals surface area contributed by atoms with Crippen LogP contribution in [0.15, 0.2) is 65.5 Å². The van der Waals surface area contributed by atoms with Crippen LogP contribution in [0.1, 0.15) is 22.3 Å². The Labute approximate surface area is 150 Å². The van der Waals surface area contributed by atoms with Crippen LogP contribution >= 0.6 is 0 Å². The summed E-state index contributed by atoms with van der Waals surface area (Å²) in [5, 5.41) is 22.1. The van der Waals surface area contributed by atoms with Gasteiger partial charge in [0.25, 0.3) is 5.56 Å². The lowest BCUT2D eigenvalue weighted by atomic mass is 10.1. The van der Waals surface area contributed by atoms with Gasteiger partial charge >= 0.3 is 0 Å². The fourth-order valence-electron chi connectivity index (χ4n) is 2.42. The Morgan fingerprint density at radius 3 is 2.27 bits per heavy atom. The molecule has 0 atom stereocenters. The van der Waals surface area contributed by atoms with Gasteiger partial charge in [0.1, 0.15) is 6.61 Å². The molecule has 0 radical (unpaired) electrons. The van der Waals surface area contributed by atoms with Gasteiger partial charge in [-0.15, -0.1) is 5.10 Å². The highest BCUT2D eigenvalue weighted by molar-refractivity contribution is 5.33. The summed E-state index contributed by atoms with van der Waals surface area (Å²) in [5.74, 6) is 0.309. The van der Waals surface area contributed by atoms with Crippen molar-refractivity contribution in [3.8, 4) is 18.0 Å². The smallest absolute Gasteiger partial charge is 0.267 e. The summed E-state index contributed by atoms with van der Waals surface area (Å²) in [5.41, 5.74) is 2.47. The molecule has 0 amide bonds. The fraction of sp³-hybridized carbons (Fsp3) is 0.100. The minimum absolute atomic E-state index is 0.241. The van der Waals surface area contributed by atoms with Crippen molar-refractivity contribution in [1.29, 1.82) is 10.5 Å². The quantitative estimate of drug-likeness (QED) is 0.711. The molecule has 0 spiro atoms. The van der Waals surface area contributed by atoms with Gasteiger partial charge in [-0.3, -0.25) is 4.79 Å². The molecule has 6 nitrogen and oxygen atoms in total. The average molecular weight is 342 g/mol. The first-order valence-electron chi connectivity index (χ1n) is 7.87. The van der Waals surface area contributed by atoms with Crippen molar-refractivity contribution in [2.45, 2.75) is 13.2 Å². The summed E-state index contributed by atoms with van der Waals surface area (Å²) in [4.78, 5) is 12.0. The largest absolute Gasteiger partial charge is 0.472 e. The molecule has 126 valence electrons. The Kier molecular flexibility index (Phi) is 5.07. The zero-order valence-electron chi connectivity index (χ0n) is 13.8. The van der Waals surface area contributed by atoms with E-state index < -0.39 is 0 Å². The highest BCUT2D eigenvalue weighted by atomic mass is 16.5. The first kappa shape index (κ1) is 16.9. The van der Waals surface area contributed by atoms with Gasteiger partial charge in [0.15, 0.2) is 0 Å². The van der Waals surface area contributed by atoms with E-state index in [9.17, 15) is 4.79 Å². The van der Waals surface area contributed by atoms with Gasteiger partial charge in [0, 0.05) is 12.1 Å². The second-order valence-corrected chi connectivity index (χ2v) is 5.58. The molecule has 0 N–H and O–H groups in total. The third kappa shape index (κ3) is 4.14. The summed E-state index contributed by atoms with van der Waals surface area (Å²) in [6.45, 7) is 0.486. The molecular formula is C20H14N4O2. The lowest BCUT2D eigenvalue weighted by molar-refractivity contribution is 0.284. The molecule has 0 aliphatic carbocycles. The molecule has 1 heterocycles. The van der Waals surface area contributed by atoms with Crippen LogP contribution < -0.4 is 10.3 Å². The van der Waals surface area contributed by atoms with Crippen LogP contribution in [0.3, 0.4) is 0 Å². The number of nitriles is 2. The molecule has 0 aliphatic rings. The van der Waals surface area contributed by atoms with Crippen molar-refractivity contribution >= 4 is 0 Å². The van der Waals surface area contributed by atoms with E-state index in [0.717, 1.165) is 11.1 Å². The summed E-state index contributed by atoms with van der Waals surface area (Å²) < 4.78 is 6.93. The molecule has 0 saturated heterocycles. The Hall–Kier alpha value is -3.90. The SMILES string of the molecule is N#Cc1cccc(COc2ccc(=O)n(Cc3cccc(C#N)c3)n2)c1. The summed E-state index contributed by atoms with van der Waals surface area (Å²) in [7, 11) is 0. The van der Waals surface area contributed by atoms with E-state index >= 15 is 0 Å². The lowest BCUT2D eigenvalue weighted by Gasteiger charge is -2.09. The second-order valence-electron chi connectivity index (χ2n) is 5.58. The van der Waals surface area contributed by atoms with Crippen LogP contribution in [0.2, 0.25) is 0 Å². The first-order chi connectivity index (χ1) is 12.7. The van der Waals surface area contributed by atoms with Gasteiger partial charge in [0.05, 0.1) is 29.8 Å². The Bertz CT molecular complexity index is 1070. The van der Waals surface area contributed by atoms with Gasteiger partial charge < -0.3 is 4.74 Å². The van der Waals surface area contributed by atoms with Crippen LogP contribution in [0.5, 0.6) is 5.88 Å². The van der Waals surface area contributed by atoms with Crippen LogP contribution in [0.25, 0.3) is 0 Å². The maximum Gasteiger partial charge on any atom is 0.267 e. The monoisotopic (exact) mass is 342 g/mol. The highest BCUT2D eigenvalue weighted by Crippen LogP contribution is 2.10.